The van der Waals surface area contributed by atoms with Gasteiger partial charge in [0.2, 0.25) is 0 Å². The van der Waals surface area contributed by atoms with Crippen molar-refractivity contribution >= 4 is 0 Å². The van der Waals surface area contributed by atoms with Gasteiger partial charge in [-0.2, -0.15) is 0 Å². The van der Waals surface area contributed by atoms with Gasteiger partial charge in [0, 0.05) is 18.7 Å². The molecule has 1 aromatic heterocycles. The van der Waals surface area contributed by atoms with Crippen molar-refractivity contribution in [1.29, 1.82) is 0 Å². The minimum Gasteiger partial charge on any atom is -0.332 e. The van der Waals surface area contributed by atoms with E-state index in [0.717, 1.165) is 31.6 Å². The van der Waals surface area contributed by atoms with Crippen molar-refractivity contribution in [1.82, 2.24) is 9.55 Å². The molecule has 0 atom stereocenters. The highest BCUT2D eigenvalue weighted by Gasteiger charge is 2.21. The monoisotopic (exact) mass is 186 g/mol. The molecule has 2 nitrogen and oxygen atoms in total. The van der Waals surface area contributed by atoms with Gasteiger partial charge in [0.25, 0.3) is 6.43 Å². The molecule has 4 heteroatoms. The van der Waals surface area contributed by atoms with Crippen molar-refractivity contribution in [3.05, 3.63) is 17.2 Å². The van der Waals surface area contributed by atoms with Gasteiger partial charge in [-0.1, -0.05) is 0 Å². The van der Waals surface area contributed by atoms with E-state index in [1.807, 2.05) is 4.57 Å². The maximum Gasteiger partial charge on any atom is 0.282 e. The number of imidazole rings is 1. The standard InChI is InChI=1S/C9H12F2N2/c1-6-8(9(10)11)12-7-4-2-3-5-13(6)7/h9H,2-5H2,1H3. The highest BCUT2D eigenvalue weighted by molar-refractivity contribution is 5.18. The van der Waals surface area contributed by atoms with Gasteiger partial charge < -0.3 is 4.57 Å². The minimum atomic E-state index is -2.43. The molecule has 0 bridgehead atoms. The topological polar surface area (TPSA) is 17.8 Å². The summed E-state index contributed by atoms with van der Waals surface area (Å²) < 4.78 is 26.8. The summed E-state index contributed by atoms with van der Waals surface area (Å²) in [4.78, 5) is 3.96. The zero-order chi connectivity index (χ0) is 9.42. The van der Waals surface area contributed by atoms with E-state index in [1.54, 1.807) is 6.92 Å². The summed E-state index contributed by atoms with van der Waals surface area (Å²) in [5.74, 6) is 0.832. The van der Waals surface area contributed by atoms with Gasteiger partial charge >= 0.3 is 0 Å². The lowest BCUT2D eigenvalue weighted by Crippen LogP contribution is -2.11. The SMILES string of the molecule is Cc1c(C(F)F)nc2n1CCCC2. The van der Waals surface area contributed by atoms with Crippen LogP contribution in [0.5, 0.6) is 0 Å². The highest BCUT2D eigenvalue weighted by atomic mass is 19.3. The van der Waals surface area contributed by atoms with Crippen LogP contribution in [-0.4, -0.2) is 9.55 Å². The smallest absolute Gasteiger partial charge is 0.282 e. The first-order valence-electron chi connectivity index (χ1n) is 4.54. The Bertz CT molecular complexity index is 318. The van der Waals surface area contributed by atoms with Gasteiger partial charge in [0.05, 0.1) is 0 Å². The Kier molecular flexibility index (Phi) is 2.06. The Labute approximate surface area is 75.6 Å². The normalized spacial score (nSPS) is 16.3. The molecule has 0 unspecified atom stereocenters. The number of rotatable bonds is 1. The van der Waals surface area contributed by atoms with Crippen LogP contribution < -0.4 is 0 Å². The van der Waals surface area contributed by atoms with Crippen LogP contribution in [0.15, 0.2) is 0 Å². The van der Waals surface area contributed by atoms with Gasteiger partial charge in [-0.15, -0.1) is 0 Å². The summed E-state index contributed by atoms with van der Waals surface area (Å²) in [6.45, 7) is 2.57. The number of hydrogen-bond acceptors (Lipinski definition) is 1. The third-order valence-corrected chi connectivity index (χ3v) is 2.58. The van der Waals surface area contributed by atoms with E-state index in [-0.39, 0.29) is 5.69 Å². The van der Waals surface area contributed by atoms with Gasteiger partial charge in [-0.3, -0.25) is 0 Å². The Morgan fingerprint density at radius 1 is 1.38 bits per heavy atom. The molecule has 0 saturated heterocycles. The zero-order valence-corrected chi connectivity index (χ0v) is 7.56. The Morgan fingerprint density at radius 3 is 2.77 bits per heavy atom. The molecule has 0 aromatic carbocycles. The molecule has 1 aromatic rings. The van der Waals surface area contributed by atoms with Crippen LogP contribution in [0.3, 0.4) is 0 Å². The third-order valence-electron chi connectivity index (χ3n) is 2.58. The predicted molar refractivity (Wildman–Crippen MR) is 44.9 cm³/mol. The Hall–Kier alpha value is -0.930. The average molecular weight is 186 g/mol. The van der Waals surface area contributed by atoms with Crippen molar-refractivity contribution in [3.8, 4) is 0 Å². The Morgan fingerprint density at radius 2 is 2.15 bits per heavy atom. The predicted octanol–water partition coefficient (Wildman–Crippen LogP) is 2.47. The van der Waals surface area contributed by atoms with E-state index >= 15 is 0 Å². The van der Waals surface area contributed by atoms with Crippen LogP contribution in [0.25, 0.3) is 0 Å². The zero-order valence-electron chi connectivity index (χ0n) is 7.56. The molecule has 2 rings (SSSR count). The summed E-state index contributed by atoms with van der Waals surface area (Å²) in [6.07, 6.45) is 0.553. The second-order valence-electron chi connectivity index (χ2n) is 3.41. The highest BCUT2D eigenvalue weighted by Crippen LogP contribution is 2.25. The lowest BCUT2D eigenvalue weighted by molar-refractivity contribution is 0.145. The van der Waals surface area contributed by atoms with Crippen LogP contribution in [0.4, 0.5) is 8.78 Å². The molecule has 0 fully saturated rings. The van der Waals surface area contributed by atoms with Crippen molar-refractivity contribution < 1.29 is 8.78 Å². The average Bonchev–Trinajstić information content (AvgIpc) is 2.45. The first-order chi connectivity index (χ1) is 6.20. The number of hydrogen-bond donors (Lipinski definition) is 0. The van der Waals surface area contributed by atoms with Gasteiger partial charge in [0.15, 0.2) is 0 Å². The summed E-state index contributed by atoms with van der Waals surface area (Å²) in [5.41, 5.74) is 0.613. The molecule has 1 aliphatic heterocycles. The van der Waals surface area contributed by atoms with Crippen LogP contribution in [0.1, 0.15) is 36.5 Å². The van der Waals surface area contributed by atoms with Crippen LogP contribution in [0, 0.1) is 6.92 Å². The molecule has 72 valence electrons. The molecule has 0 spiro atoms. The lowest BCUT2D eigenvalue weighted by atomic mass is 10.2. The molecule has 0 saturated carbocycles. The molecule has 0 radical (unpaired) electrons. The molecule has 13 heavy (non-hydrogen) atoms. The number of halogens is 2. The van der Waals surface area contributed by atoms with E-state index in [4.69, 9.17) is 0 Å². The molecule has 0 N–H and O–H groups in total. The number of fused-ring (bicyclic) bond motifs is 1. The van der Waals surface area contributed by atoms with Gasteiger partial charge in [-0.25, -0.2) is 13.8 Å². The lowest BCUT2D eigenvalue weighted by Gasteiger charge is -2.14. The Balaban J connectivity index is 2.44. The van der Waals surface area contributed by atoms with Crippen molar-refractivity contribution in [2.75, 3.05) is 0 Å². The fourth-order valence-electron chi connectivity index (χ4n) is 1.86. The van der Waals surface area contributed by atoms with Gasteiger partial charge in [-0.05, 0) is 19.8 Å². The second kappa shape index (κ2) is 3.09. The summed E-state index contributed by atoms with van der Waals surface area (Å²) in [7, 11) is 0. The molecule has 0 aliphatic carbocycles. The van der Waals surface area contributed by atoms with Crippen molar-refractivity contribution in [3.63, 3.8) is 0 Å². The van der Waals surface area contributed by atoms with E-state index in [2.05, 4.69) is 4.98 Å². The van der Waals surface area contributed by atoms with E-state index in [9.17, 15) is 8.78 Å². The summed E-state index contributed by atoms with van der Waals surface area (Å²) in [5, 5.41) is 0. The van der Waals surface area contributed by atoms with E-state index < -0.39 is 6.43 Å². The van der Waals surface area contributed by atoms with Crippen molar-refractivity contribution in [2.45, 2.75) is 39.2 Å². The van der Waals surface area contributed by atoms with Crippen molar-refractivity contribution in [2.24, 2.45) is 0 Å². The maximum absolute atomic E-state index is 12.4. The second-order valence-corrected chi connectivity index (χ2v) is 3.41. The number of nitrogens with zero attached hydrogens (tertiary/aromatic N) is 2. The summed E-state index contributed by atoms with van der Waals surface area (Å²) in [6, 6.07) is 0. The first kappa shape index (κ1) is 8.66. The molecule has 1 aliphatic rings. The van der Waals surface area contributed by atoms with E-state index in [0.29, 0.717) is 5.69 Å². The third kappa shape index (κ3) is 1.34. The summed E-state index contributed by atoms with van der Waals surface area (Å²) >= 11 is 0. The fraction of sp³-hybridized carbons (Fsp3) is 0.667. The maximum atomic E-state index is 12.4. The first-order valence-corrected chi connectivity index (χ1v) is 4.54. The molecular weight excluding hydrogens is 174 g/mol. The van der Waals surface area contributed by atoms with Crippen LogP contribution in [0.2, 0.25) is 0 Å². The fourth-order valence-corrected chi connectivity index (χ4v) is 1.86. The quantitative estimate of drug-likeness (QED) is 0.658. The molecule has 2 heterocycles. The number of aromatic nitrogens is 2. The molecular formula is C9H12F2N2. The van der Waals surface area contributed by atoms with Crippen LogP contribution >= 0.6 is 0 Å². The minimum absolute atomic E-state index is 0.0306. The number of aryl methyl sites for hydroxylation is 1. The molecule has 0 amide bonds. The van der Waals surface area contributed by atoms with E-state index in [1.165, 1.54) is 0 Å². The van der Waals surface area contributed by atoms with Crippen LogP contribution in [-0.2, 0) is 13.0 Å². The largest absolute Gasteiger partial charge is 0.332 e. The van der Waals surface area contributed by atoms with Gasteiger partial charge in [0.1, 0.15) is 11.5 Å². The number of alkyl halides is 2.